The van der Waals surface area contributed by atoms with Gasteiger partial charge in [-0.05, 0) is 117 Å². The predicted octanol–water partition coefficient (Wildman–Crippen LogP) is 7.94. The number of amides is 4. The minimum absolute atomic E-state index is 0.102. The highest BCUT2D eigenvalue weighted by Gasteiger charge is 2.42. The fourth-order valence-electron chi connectivity index (χ4n) is 7.89. The molecule has 1 aromatic heterocycles. The van der Waals surface area contributed by atoms with Crippen molar-refractivity contribution >= 4 is 64.7 Å². The third-order valence-electron chi connectivity index (χ3n) is 12.2. The summed E-state index contributed by atoms with van der Waals surface area (Å²) in [5.74, 6) is 6.00. The normalized spacial score (nSPS) is 13.1. The minimum atomic E-state index is -0.993. The molecule has 0 aliphatic heterocycles. The Morgan fingerprint density at radius 2 is 1.61 bits per heavy atom. The van der Waals surface area contributed by atoms with Gasteiger partial charge in [-0.3, -0.25) is 19.9 Å². The number of likely N-dealkylation sites (N-methyl/N-ethyl adjacent to an activating group) is 1. The number of urea groups is 1. The molecular weight excluding hydrogens is 1000 g/mol. The van der Waals surface area contributed by atoms with Gasteiger partial charge in [-0.25, -0.2) is 14.2 Å². The summed E-state index contributed by atoms with van der Waals surface area (Å²) in [5.41, 5.74) is 4.71. The molecule has 77 heavy (non-hydrogen) atoms. The number of anilines is 2. The van der Waals surface area contributed by atoms with Crippen LogP contribution in [0, 0.1) is 5.82 Å². The number of allylic oxidation sites excluding steroid dienone is 2. The molecule has 1 aliphatic carbocycles. The maximum atomic E-state index is 15.1. The zero-order chi connectivity index (χ0) is 55.0. The van der Waals surface area contributed by atoms with Crippen molar-refractivity contribution in [1.82, 2.24) is 20.1 Å². The summed E-state index contributed by atoms with van der Waals surface area (Å²) < 4.78 is 43.9. The number of nitrogens with two attached hydrogens (primary N) is 1. The van der Waals surface area contributed by atoms with Crippen molar-refractivity contribution in [2.75, 3.05) is 96.7 Å². The molecule has 1 radical (unpaired) electrons. The van der Waals surface area contributed by atoms with Gasteiger partial charge in [-0.2, -0.15) is 5.10 Å². The Hall–Kier alpha value is -6.71. The summed E-state index contributed by atoms with van der Waals surface area (Å²) in [6.07, 6.45) is 12.1. The van der Waals surface area contributed by atoms with E-state index in [-0.39, 0.29) is 36.9 Å². The van der Waals surface area contributed by atoms with E-state index >= 15 is 4.39 Å². The molecule has 3 aromatic carbocycles. The second kappa shape index (κ2) is 34.9. The van der Waals surface area contributed by atoms with Crippen LogP contribution in [0.1, 0.15) is 68.3 Å². The summed E-state index contributed by atoms with van der Waals surface area (Å²) in [6.45, 7) is 17.4. The molecule has 413 valence electrons. The first-order chi connectivity index (χ1) is 37.5. The van der Waals surface area contributed by atoms with Gasteiger partial charge in [0.1, 0.15) is 30.0 Å². The number of thiazole rings is 1. The molecule has 1 aliphatic rings. The van der Waals surface area contributed by atoms with Gasteiger partial charge >= 0.3 is 6.03 Å². The number of aromatic nitrogens is 1. The van der Waals surface area contributed by atoms with Crippen LogP contribution < -0.4 is 36.7 Å². The smallest absolute Gasteiger partial charge is 0.325 e. The molecule has 1 unspecified atom stereocenters. The van der Waals surface area contributed by atoms with Gasteiger partial charge in [-0.15, -0.1) is 11.3 Å². The Morgan fingerprint density at radius 1 is 0.896 bits per heavy atom. The van der Waals surface area contributed by atoms with Crippen LogP contribution in [0.25, 0.3) is 0 Å². The lowest BCUT2D eigenvalue weighted by Gasteiger charge is -2.33. The first-order valence-electron chi connectivity index (χ1n) is 26.3. The molecule has 17 nitrogen and oxygen atoms in total. The van der Waals surface area contributed by atoms with Gasteiger partial charge in [0.05, 0.1) is 64.2 Å². The number of nitrogens with zero attached hydrogens (tertiary/aromatic N) is 5. The zero-order valence-corrected chi connectivity index (χ0v) is 45.7. The highest BCUT2D eigenvalue weighted by molar-refractivity contribution is 7.13. The number of rotatable bonds is 38. The zero-order valence-electron chi connectivity index (χ0n) is 44.9. The Kier molecular flexibility index (Phi) is 27.7. The van der Waals surface area contributed by atoms with Crippen molar-refractivity contribution in [3.05, 3.63) is 132 Å². The third-order valence-corrected chi connectivity index (χ3v) is 13.1. The minimum Gasteiger partial charge on any atom is -0.494 e. The van der Waals surface area contributed by atoms with Gasteiger partial charge < -0.3 is 50.0 Å². The largest absolute Gasteiger partial charge is 0.494 e. The summed E-state index contributed by atoms with van der Waals surface area (Å²) in [7, 11) is 3.72. The molecule has 20 heteroatoms. The Labute approximate surface area is 458 Å². The number of nitrogens with one attached hydrogen (secondary N) is 3. The molecule has 0 spiro atoms. The number of ether oxygens (including phenoxy) is 5. The number of unbranched alkanes of at least 4 members (excludes halogenated alkanes) is 1. The second-order valence-corrected chi connectivity index (χ2v) is 18.9. The summed E-state index contributed by atoms with van der Waals surface area (Å²) in [6, 6.07) is 18.1. The average molecular weight is 1080 g/mol. The lowest BCUT2D eigenvalue weighted by Crippen LogP contribution is -2.47. The number of benzene rings is 3. The van der Waals surface area contributed by atoms with Crippen molar-refractivity contribution in [3.8, 4) is 11.5 Å². The Morgan fingerprint density at radius 3 is 2.30 bits per heavy atom. The maximum absolute atomic E-state index is 15.1. The molecule has 1 fully saturated rings. The molecule has 0 saturated heterocycles. The Balaban J connectivity index is 0.863. The molecule has 1 atom stereocenters. The summed E-state index contributed by atoms with van der Waals surface area (Å²) in [5, 5.41) is 14.8. The highest BCUT2D eigenvalue weighted by atomic mass is 32.1. The van der Waals surface area contributed by atoms with Gasteiger partial charge in [0, 0.05) is 49.3 Å². The number of aryl methyl sites for hydroxylation is 2. The van der Waals surface area contributed by atoms with E-state index in [4.69, 9.17) is 29.5 Å². The number of aliphatic imine (C=N–C) groups is 1. The standard InChI is InChI=1S/C57H76BFN9O8S/c1-6-12-42(7-2)39-62-55(70)54(50-13-11-14-51(59)53(50)58-4)68(47-20-21-47)52(69)26-17-43-15-22-48(23-16-43)75-31-10-9-29-67(5)30-34-74-36-35-72-32-27-46(66-60)40-61-28-33-73-37-38-76-49-24-18-45(19-25-49)63-56(71)65-57-64-44(8-3)41-77-57/h6-7,11-16,18-19,22-25,40-41,47,54H,1-2,8-10,17,20-21,26-39,60H2,3-5H3,(H,62,70)(H2,63,64,65,71)/b42-12+,61-40?,66-46-. The highest BCUT2D eigenvalue weighted by Crippen LogP contribution is 2.36. The van der Waals surface area contributed by atoms with E-state index in [0.29, 0.717) is 106 Å². The van der Waals surface area contributed by atoms with E-state index in [9.17, 15) is 14.4 Å². The van der Waals surface area contributed by atoms with E-state index in [0.717, 1.165) is 67.8 Å². The van der Waals surface area contributed by atoms with Gasteiger partial charge in [0.2, 0.25) is 11.8 Å². The van der Waals surface area contributed by atoms with E-state index in [1.54, 1.807) is 79.8 Å². The number of hydrogen-bond acceptors (Lipinski definition) is 14. The fraction of sp³-hybridized carbons (Fsp3) is 0.439. The van der Waals surface area contributed by atoms with Crippen LogP contribution in [0.3, 0.4) is 0 Å². The molecule has 5 rings (SSSR count). The maximum Gasteiger partial charge on any atom is 0.325 e. The van der Waals surface area contributed by atoms with Crippen LogP contribution in [-0.2, 0) is 36.6 Å². The second-order valence-electron chi connectivity index (χ2n) is 18.1. The van der Waals surface area contributed by atoms with Crippen LogP contribution in [0.15, 0.2) is 119 Å². The van der Waals surface area contributed by atoms with Gasteiger partial charge in [0.15, 0.2) is 12.4 Å². The molecule has 5 N–H and O–H groups in total. The number of halogens is 1. The van der Waals surface area contributed by atoms with Crippen molar-refractivity contribution < 1.29 is 42.5 Å². The van der Waals surface area contributed by atoms with Crippen molar-refractivity contribution in [2.24, 2.45) is 15.9 Å². The average Bonchev–Trinajstić information content (AvgIpc) is 4.19. The number of hydrazone groups is 1. The fourth-order valence-corrected chi connectivity index (χ4v) is 8.68. The predicted molar refractivity (Wildman–Crippen MR) is 307 cm³/mol. The van der Waals surface area contributed by atoms with E-state index in [1.165, 1.54) is 17.4 Å². The van der Waals surface area contributed by atoms with Crippen molar-refractivity contribution in [3.63, 3.8) is 0 Å². The number of carbonyl (C=O) groups excluding carboxylic acids is 3. The van der Waals surface area contributed by atoms with Crippen molar-refractivity contribution in [2.45, 2.75) is 77.2 Å². The quantitative estimate of drug-likeness (QED) is 0.00848. The molecule has 1 heterocycles. The van der Waals surface area contributed by atoms with Crippen LogP contribution in [0.2, 0.25) is 6.82 Å². The monoisotopic (exact) mass is 1080 g/mol. The third kappa shape index (κ3) is 22.4. The van der Waals surface area contributed by atoms with Gasteiger partial charge in [-0.1, -0.05) is 69.4 Å². The molecule has 0 bridgehead atoms. The molecule has 1 saturated carbocycles. The topological polar surface area (TPSA) is 204 Å². The van der Waals surface area contributed by atoms with Crippen molar-refractivity contribution in [1.29, 1.82) is 0 Å². The number of hydrogen-bond donors (Lipinski definition) is 4. The van der Waals surface area contributed by atoms with Gasteiger partial charge in [0.25, 0.3) is 0 Å². The van der Waals surface area contributed by atoms with Crippen LogP contribution >= 0.6 is 11.3 Å². The first-order valence-corrected chi connectivity index (χ1v) is 27.2. The first kappa shape index (κ1) is 61.2. The van der Waals surface area contributed by atoms with E-state index in [1.807, 2.05) is 36.6 Å². The van der Waals surface area contributed by atoms with Crippen LogP contribution in [-0.4, -0.2) is 144 Å². The summed E-state index contributed by atoms with van der Waals surface area (Å²) in [4.78, 5) is 52.8. The molecular formula is C57H76BFN9O8S. The van der Waals surface area contributed by atoms with Crippen LogP contribution in [0.5, 0.6) is 11.5 Å². The molecule has 4 amide bonds. The Bertz CT molecular complexity index is 2540. The lowest BCUT2D eigenvalue weighted by atomic mass is 9.69. The van der Waals surface area contributed by atoms with E-state index < -0.39 is 11.9 Å². The van der Waals surface area contributed by atoms with Crippen LogP contribution in [0.4, 0.5) is 20.0 Å². The molecule has 4 aromatic rings. The summed E-state index contributed by atoms with van der Waals surface area (Å²) >= 11 is 1.39. The SMILES string of the molecule is C=C/C=C(\C=C)CNC(=O)C(c1cccc(F)c1[B]C)N(C(=O)CCc1ccc(OCCCCN(C)CCOCCOCC/C(C=NCCOCCOc2ccc(NC(=O)Nc3nc(CC)cs3)cc2)=N/N)cc1)C1CC1. The lowest BCUT2D eigenvalue weighted by molar-refractivity contribution is -0.141. The van der Waals surface area contributed by atoms with E-state index in [2.05, 4.69) is 56.1 Å². The number of carbonyl (C=O) groups is 3.